The molecule has 24 heavy (non-hydrogen) atoms. The van der Waals surface area contributed by atoms with E-state index in [1.807, 2.05) is 0 Å². The summed E-state index contributed by atoms with van der Waals surface area (Å²) in [4.78, 5) is 13.3. The minimum absolute atomic E-state index is 0.146. The van der Waals surface area contributed by atoms with E-state index in [0.29, 0.717) is 17.7 Å². The number of piperidine rings is 1. The van der Waals surface area contributed by atoms with Gasteiger partial charge in [0.1, 0.15) is 0 Å². The number of nitrogens with one attached hydrogen (secondary N) is 2. The normalized spacial score (nSPS) is 35.1. The van der Waals surface area contributed by atoms with E-state index in [0.717, 1.165) is 38.4 Å². The summed E-state index contributed by atoms with van der Waals surface area (Å²) in [6, 6.07) is 10.6. The highest BCUT2D eigenvalue weighted by molar-refractivity contribution is 5.84. The molecular formula is C21H30N2O. The van der Waals surface area contributed by atoms with E-state index in [1.165, 1.54) is 37.7 Å². The molecule has 1 aromatic carbocycles. The van der Waals surface area contributed by atoms with Gasteiger partial charge < -0.3 is 10.6 Å². The summed E-state index contributed by atoms with van der Waals surface area (Å²) < 4.78 is 0. The molecule has 0 aromatic heterocycles. The highest BCUT2D eigenvalue weighted by Gasteiger charge is 2.55. The Kier molecular flexibility index (Phi) is 4.62. The number of amides is 1. The van der Waals surface area contributed by atoms with Gasteiger partial charge in [-0.25, -0.2) is 0 Å². The van der Waals surface area contributed by atoms with Crippen LogP contribution in [0.25, 0.3) is 0 Å². The molecular weight excluding hydrogens is 296 g/mol. The zero-order chi connectivity index (χ0) is 16.4. The predicted molar refractivity (Wildman–Crippen MR) is 96.6 cm³/mol. The Balaban J connectivity index is 1.47. The lowest BCUT2D eigenvalue weighted by molar-refractivity contribution is -0.134. The molecule has 4 atom stereocenters. The van der Waals surface area contributed by atoms with Crippen molar-refractivity contribution >= 4 is 5.91 Å². The summed E-state index contributed by atoms with van der Waals surface area (Å²) in [5.41, 5.74) is 1.17. The molecule has 3 heteroatoms. The van der Waals surface area contributed by atoms with Crippen LogP contribution in [0.1, 0.15) is 44.1 Å². The van der Waals surface area contributed by atoms with E-state index < -0.39 is 0 Å². The highest BCUT2D eigenvalue weighted by Crippen LogP contribution is 2.57. The summed E-state index contributed by atoms with van der Waals surface area (Å²) in [6.45, 7) is 3.03. The Morgan fingerprint density at radius 3 is 2.75 bits per heavy atom. The van der Waals surface area contributed by atoms with Gasteiger partial charge in [-0.05, 0) is 74.9 Å². The zero-order valence-electron chi connectivity index (χ0n) is 14.6. The van der Waals surface area contributed by atoms with E-state index in [-0.39, 0.29) is 5.41 Å². The average molecular weight is 326 g/mol. The Hall–Kier alpha value is -1.35. The summed E-state index contributed by atoms with van der Waals surface area (Å²) in [6.07, 6.45) is 8.35. The molecule has 1 amide bonds. The molecule has 2 saturated carbocycles. The number of hydrogen-bond acceptors (Lipinski definition) is 2. The fourth-order valence-corrected chi connectivity index (χ4v) is 5.49. The van der Waals surface area contributed by atoms with Gasteiger partial charge >= 0.3 is 0 Å². The molecule has 3 aliphatic rings. The molecule has 130 valence electrons. The molecule has 2 aliphatic carbocycles. The van der Waals surface area contributed by atoms with Crippen LogP contribution >= 0.6 is 0 Å². The molecule has 0 radical (unpaired) electrons. The van der Waals surface area contributed by atoms with Crippen LogP contribution in [0.4, 0.5) is 0 Å². The first-order valence-electron chi connectivity index (χ1n) is 9.79. The smallest absolute Gasteiger partial charge is 0.226 e. The third-order valence-corrected chi connectivity index (χ3v) is 6.74. The van der Waals surface area contributed by atoms with Crippen LogP contribution in [0.3, 0.4) is 0 Å². The minimum atomic E-state index is -0.146. The van der Waals surface area contributed by atoms with Gasteiger partial charge in [-0.2, -0.15) is 0 Å². The third-order valence-electron chi connectivity index (χ3n) is 6.74. The lowest BCUT2D eigenvalue weighted by atomic mass is 9.68. The number of carbonyl (C=O) groups is 1. The predicted octanol–water partition coefficient (Wildman–Crippen LogP) is 3.15. The van der Waals surface area contributed by atoms with Crippen LogP contribution in [0.15, 0.2) is 30.3 Å². The van der Waals surface area contributed by atoms with Gasteiger partial charge in [0, 0.05) is 6.54 Å². The van der Waals surface area contributed by atoms with E-state index >= 15 is 0 Å². The molecule has 1 saturated heterocycles. The van der Waals surface area contributed by atoms with Gasteiger partial charge in [-0.15, -0.1) is 0 Å². The maximum Gasteiger partial charge on any atom is 0.226 e. The van der Waals surface area contributed by atoms with Gasteiger partial charge in [-0.1, -0.05) is 36.8 Å². The van der Waals surface area contributed by atoms with Crippen LogP contribution < -0.4 is 10.6 Å². The first-order chi connectivity index (χ1) is 11.8. The van der Waals surface area contributed by atoms with Crippen molar-refractivity contribution in [3.8, 4) is 0 Å². The van der Waals surface area contributed by atoms with Gasteiger partial charge in [0.15, 0.2) is 0 Å². The largest absolute Gasteiger partial charge is 0.355 e. The Morgan fingerprint density at radius 2 is 2.08 bits per heavy atom. The van der Waals surface area contributed by atoms with E-state index in [2.05, 4.69) is 41.0 Å². The molecule has 3 nitrogen and oxygen atoms in total. The molecule has 3 fully saturated rings. The summed E-state index contributed by atoms with van der Waals surface area (Å²) in [5.74, 6) is 2.31. The van der Waals surface area contributed by atoms with Crippen LogP contribution in [-0.4, -0.2) is 25.5 Å². The van der Waals surface area contributed by atoms with Gasteiger partial charge in [0.2, 0.25) is 5.91 Å². The molecule has 2 N–H and O–H groups in total. The molecule has 1 aliphatic heterocycles. The van der Waals surface area contributed by atoms with E-state index in [9.17, 15) is 4.79 Å². The van der Waals surface area contributed by atoms with Crippen LogP contribution in [0.2, 0.25) is 0 Å². The zero-order valence-corrected chi connectivity index (χ0v) is 14.6. The Morgan fingerprint density at radius 1 is 1.21 bits per heavy atom. The van der Waals surface area contributed by atoms with Crippen molar-refractivity contribution in [2.45, 2.75) is 44.9 Å². The van der Waals surface area contributed by atoms with Crippen molar-refractivity contribution in [3.05, 3.63) is 35.9 Å². The maximum atomic E-state index is 13.3. The minimum Gasteiger partial charge on any atom is -0.355 e. The van der Waals surface area contributed by atoms with Crippen molar-refractivity contribution in [2.24, 2.45) is 23.2 Å². The van der Waals surface area contributed by atoms with E-state index in [4.69, 9.17) is 0 Å². The number of benzene rings is 1. The lowest BCUT2D eigenvalue weighted by Crippen LogP contribution is -2.48. The number of hydrogen-bond donors (Lipinski definition) is 2. The average Bonchev–Trinajstić information content (AvgIpc) is 3.23. The summed E-state index contributed by atoms with van der Waals surface area (Å²) in [5, 5.41) is 6.81. The van der Waals surface area contributed by atoms with Crippen LogP contribution in [-0.2, 0) is 11.2 Å². The fraction of sp³-hybridized carbons (Fsp3) is 0.667. The molecule has 1 aromatic rings. The Labute approximate surface area is 145 Å². The maximum absolute atomic E-state index is 13.3. The molecule has 1 heterocycles. The van der Waals surface area contributed by atoms with Gasteiger partial charge in [0.05, 0.1) is 5.41 Å². The molecule has 0 spiro atoms. The number of fused-ring (bicyclic) bond motifs is 2. The van der Waals surface area contributed by atoms with E-state index in [1.54, 1.807) is 0 Å². The monoisotopic (exact) mass is 326 g/mol. The van der Waals surface area contributed by atoms with Crippen LogP contribution in [0, 0.1) is 23.2 Å². The Bertz CT molecular complexity index is 566. The second-order valence-corrected chi connectivity index (χ2v) is 8.32. The highest BCUT2D eigenvalue weighted by atomic mass is 16.2. The van der Waals surface area contributed by atoms with Crippen molar-refractivity contribution in [2.75, 3.05) is 19.6 Å². The lowest BCUT2D eigenvalue weighted by Gasteiger charge is -2.37. The summed E-state index contributed by atoms with van der Waals surface area (Å²) >= 11 is 0. The second-order valence-electron chi connectivity index (χ2n) is 8.32. The molecule has 4 unspecified atom stereocenters. The first-order valence-corrected chi connectivity index (χ1v) is 9.79. The third kappa shape index (κ3) is 3.11. The standard InChI is InChI=1S/C21H30N2O/c24-20(23-15-18-7-4-10-22-14-18)21(12-16-5-2-1-3-6-16)13-17-8-9-19(21)11-17/h1-3,5-6,17-19,22H,4,7-15H2,(H,23,24). The van der Waals surface area contributed by atoms with Crippen molar-refractivity contribution in [1.29, 1.82) is 0 Å². The van der Waals surface area contributed by atoms with Crippen LogP contribution in [0.5, 0.6) is 0 Å². The second kappa shape index (κ2) is 6.87. The number of rotatable bonds is 5. The van der Waals surface area contributed by atoms with Crippen molar-refractivity contribution in [1.82, 2.24) is 10.6 Å². The van der Waals surface area contributed by atoms with Crippen molar-refractivity contribution in [3.63, 3.8) is 0 Å². The SMILES string of the molecule is O=C(NCC1CCCNC1)C1(Cc2ccccc2)CC2CCC1C2. The fourth-order valence-electron chi connectivity index (χ4n) is 5.49. The van der Waals surface area contributed by atoms with Gasteiger partial charge in [0.25, 0.3) is 0 Å². The molecule has 4 rings (SSSR count). The summed E-state index contributed by atoms with van der Waals surface area (Å²) in [7, 11) is 0. The van der Waals surface area contributed by atoms with Crippen molar-refractivity contribution < 1.29 is 4.79 Å². The number of carbonyl (C=O) groups excluding carboxylic acids is 1. The first kappa shape index (κ1) is 16.1. The molecule has 2 bridgehead atoms. The van der Waals surface area contributed by atoms with Gasteiger partial charge in [-0.3, -0.25) is 4.79 Å². The topological polar surface area (TPSA) is 41.1 Å². The quantitative estimate of drug-likeness (QED) is 0.873.